The van der Waals surface area contributed by atoms with Gasteiger partial charge in [-0.1, -0.05) is 0 Å². The maximum Gasteiger partial charge on any atom is 0.309 e. The molecular formula is C11H16N2O3S. The summed E-state index contributed by atoms with van der Waals surface area (Å²) in [6, 6.07) is 0. The van der Waals surface area contributed by atoms with E-state index in [0.29, 0.717) is 26.1 Å². The number of aliphatic hydroxyl groups is 1. The number of piperidine rings is 1. The number of aliphatic hydroxyl groups excluding tert-OH is 1. The fraction of sp³-hybridized carbons (Fsp3) is 0.636. The van der Waals surface area contributed by atoms with Gasteiger partial charge in [-0.15, -0.1) is 11.3 Å². The predicted octanol–water partition coefficient (Wildman–Crippen LogP) is 0.719. The van der Waals surface area contributed by atoms with E-state index in [2.05, 4.69) is 9.88 Å². The molecule has 0 amide bonds. The number of aryl methyl sites for hydroxylation is 1. The first kappa shape index (κ1) is 12.5. The average molecular weight is 256 g/mol. The Bertz CT molecular complexity index is 407. The van der Waals surface area contributed by atoms with Crippen LogP contribution in [0.3, 0.4) is 0 Å². The largest absolute Gasteiger partial charge is 0.481 e. The molecule has 0 saturated carbocycles. The Hall–Kier alpha value is -0.980. The second-order valence-corrected chi connectivity index (χ2v) is 5.36. The Morgan fingerprint density at radius 2 is 2.47 bits per heavy atom. The van der Waals surface area contributed by atoms with Crippen LogP contribution in [0.4, 0.5) is 0 Å². The fourth-order valence-corrected chi connectivity index (χ4v) is 2.91. The quantitative estimate of drug-likeness (QED) is 0.833. The fourth-order valence-electron chi connectivity index (χ4n) is 2.10. The molecule has 17 heavy (non-hydrogen) atoms. The highest BCUT2D eigenvalue weighted by Gasteiger charge is 2.32. The molecule has 2 heterocycles. The van der Waals surface area contributed by atoms with E-state index in [-0.39, 0.29) is 0 Å². The van der Waals surface area contributed by atoms with Crippen molar-refractivity contribution in [1.82, 2.24) is 9.88 Å². The number of β-amino-alcohol motifs (C(OH)–C–C–N with tert-alkyl or cyclic N) is 1. The molecule has 5 nitrogen and oxygen atoms in total. The van der Waals surface area contributed by atoms with Gasteiger partial charge in [-0.05, 0) is 19.9 Å². The molecule has 1 fully saturated rings. The van der Waals surface area contributed by atoms with Crippen LogP contribution >= 0.6 is 11.3 Å². The molecule has 0 radical (unpaired) electrons. The SMILES string of the molecule is Cc1csc(CN2CC[C@H](C(=O)O)[C@H](O)C2)n1. The van der Waals surface area contributed by atoms with E-state index in [1.807, 2.05) is 12.3 Å². The van der Waals surface area contributed by atoms with E-state index in [9.17, 15) is 9.90 Å². The Morgan fingerprint density at radius 1 is 1.71 bits per heavy atom. The molecule has 94 valence electrons. The average Bonchev–Trinajstić information content (AvgIpc) is 2.63. The number of hydrogen-bond acceptors (Lipinski definition) is 5. The highest BCUT2D eigenvalue weighted by atomic mass is 32.1. The van der Waals surface area contributed by atoms with Gasteiger partial charge in [-0.25, -0.2) is 4.98 Å². The van der Waals surface area contributed by atoms with Crippen molar-refractivity contribution in [3.8, 4) is 0 Å². The molecule has 1 aromatic rings. The van der Waals surface area contributed by atoms with Gasteiger partial charge in [0.15, 0.2) is 0 Å². The predicted molar refractivity (Wildman–Crippen MR) is 63.9 cm³/mol. The van der Waals surface area contributed by atoms with Crippen molar-refractivity contribution < 1.29 is 15.0 Å². The van der Waals surface area contributed by atoms with Crippen molar-refractivity contribution in [3.05, 3.63) is 16.1 Å². The molecule has 0 aromatic carbocycles. The van der Waals surface area contributed by atoms with Gasteiger partial charge in [-0.2, -0.15) is 0 Å². The van der Waals surface area contributed by atoms with Crippen LogP contribution in [0.25, 0.3) is 0 Å². The van der Waals surface area contributed by atoms with Gasteiger partial charge >= 0.3 is 5.97 Å². The minimum Gasteiger partial charge on any atom is -0.481 e. The number of aromatic nitrogens is 1. The van der Waals surface area contributed by atoms with Gasteiger partial charge in [0.25, 0.3) is 0 Å². The Labute approximate surface area is 104 Å². The van der Waals surface area contributed by atoms with Crippen LogP contribution < -0.4 is 0 Å². The van der Waals surface area contributed by atoms with Crippen molar-refractivity contribution >= 4 is 17.3 Å². The van der Waals surface area contributed by atoms with E-state index in [1.54, 1.807) is 11.3 Å². The molecule has 0 aliphatic carbocycles. The van der Waals surface area contributed by atoms with Gasteiger partial charge in [0.05, 0.1) is 18.6 Å². The van der Waals surface area contributed by atoms with E-state index >= 15 is 0 Å². The second kappa shape index (κ2) is 5.12. The molecule has 2 N–H and O–H groups in total. The van der Waals surface area contributed by atoms with E-state index in [1.165, 1.54) is 0 Å². The summed E-state index contributed by atoms with van der Waals surface area (Å²) < 4.78 is 0. The summed E-state index contributed by atoms with van der Waals surface area (Å²) >= 11 is 1.60. The minimum atomic E-state index is -0.901. The maximum absolute atomic E-state index is 10.8. The molecule has 2 rings (SSSR count). The molecule has 0 unspecified atom stereocenters. The Morgan fingerprint density at radius 3 is 3.00 bits per heavy atom. The van der Waals surface area contributed by atoms with Gasteiger partial charge in [0.2, 0.25) is 0 Å². The third kappa shape index (κ3) is 3.02. The summed E-state index contributed by atoms with van der Waals surface area (Å²) in [5.41, 5.74) is 1.01. The maximum atomic E-state index is 10.8. The number of carboxylic acids is 1. The monoisotopic (exact) mass is 256 g/mol. The number of carboxylic acid groups (broad SMARTS) is 1. The normalized spacial score (nSPS) is 26.0. The van der Waals surface area contributed by atoms with Gasteiger partial charge < -0.3 is 10.2 Å². The standard InChI is InChI=1S/C11H16N2O3S/c1-7-6-17-10(12-7)5-13-3-2-8(11(15)16)9(14)4-13/h6,8-9,14H,2-5H2,1H3,(H,15,16)/t8-,9+/m0/s1. The Kier molecular flexibility index (Phi) is 3.76. The van der Waals surface area contributed by atoms with Crippen molar-refractivity contribution in [2.75, 3.05) is 13.1 Å². The van der Waals surface area contributed by atoms with Crippen LogP contribution in [-0.2, 0) is 11.3 Å². The molecule has 2 atom stereocenters. The van der Waals surface area contributed by atoms with Gasteiger partial charge in [-0.3, -0.25) is 9.69 Å². The van der Waals surface area contributed by atoms with Crippen LogP contribution in [0.2, 0.25) is 0 Å². The molecule has 1 aliphatic rings. The third-order valence-electron chi connectivity index (χ3n) is 3.01. The number of nitrogens with zero attached hydrogens (tertiary/aromatic N) is 2. The number of thiazole rings is 1. The van der Waals surface area contributed by atoms with Crippen molar-refractivity contribution in [3.63, 3.8) is 0 Å². The summed E-state index contributed by atoms with van der Waals surface area (Å²) in [6.07, 6.45) is -0.275. The summed E-state index contributed by atoms with van der Waals surface area (Å²) in [5, 5.41) is 21.7. The third-order valence-corrected chi connectivity index (χ3v) is 3.96. The zero-order chi connectivity index (χ0) is 12.4. The van der Waals surface area contributed by atoms with E-state index < -0.39 is 18.0 Å². The smallest absolute Gasteiger partial charge is 0.309 e. The summed E-state index contributed by atoms with van der Waals surface area (Å²) in [5.74, 6) is -1.52. The Balaban J connectivity index is 1.91. The summed E-state index contributed by atoms with van der Waals surface area (Å²) in [4.78, 5) is 17.3. The van der Waals surface area contributed by atoms with E-state index in [4.69, 9.17) is 5.11 Å². The lowest BCUT2D eigenvalue weighted by molar-refractivity contribution is -0.148. The number of rotatable bonds is 3. The van der Waals surface area contributed by atoms with Gasteiger partial charge in [0.1, 0.15) is 5.01 Å². The first-order chi connectivity index (χ1) is 8.06. The number of hydrogen-bond donors (Lipinski definition) is 2. The number of carbonyl (C=O) groups is 1. The summed E-state index contributed by atoms with van der Waals surface area (Å²) in [6.45, 7) is 3.76. The molecule has 0 bridgehead atoms. The van der Waals surface area contributed by atoms with E-state index in [0.717, 1.165) is 10.7 Å². The van der Waals surface area contributed by atoms with Gasteiger partial charge in [0, 0.05) is 17.6 Å². The van der Waals surface area contributed by atoms with Crippen LogP contribution in [0.15, 0.2) is 5.38 Å². The molecule has 6 heteroatoms. The first-order valence-electron chi connectivity index (χ1n) is 5.60. The van der Waals surface area contributed by atoms with Crippen molar-refractivity contribution in [2.45, 2.75) is 26.0 Å². The lowest BCUT2D eigenvalue weighted by Gasteiger charge is -2.33. The molecular weight excluding hydrogens is 240 g/mol. The molecule has 1 aromatic heterocycles. The molecule has 1 saturated heterocycles. The zero-order valence-corrected chi connectivity index (χ0v) is 10.5. The van der Waals surface area contributed by atoms with Crippen molar-refractivity contribution in [2.24, 2.45) is 5.92 Å². The highest BCUT2D eigenvalue weighted by molar-refractivity contribution is 7.09. The summed E-state index contributed by atoms with van der Waals surface area (Å²) in [7, 11) is 0. The van der Waals surface area contributed by atoms with Crippen LogP contribution in [0, 0.1) is 12.8 Å². The van der Waals surface area contributed by atoms with Crippen LogP contribution in [0.1, 0.15) is 17.1 Å². The minimum absolute atomic E-state index is 0.412. The zero-order valence-electron chi connectivity index (χ0n) is 9.67. The number of likely N-dealkylation sites (tertiary alicyclic amines) is 1. The highest BCUT2D eigenvalue weighted by Crippen LogP contribution is 2.20. The van der Waals surface area contributed by atoms with Crippen LogP contribution in [0.5, 0.6) is 0 Å². The number of aliphatic carboxylic acids is 1. The second-order valence-electron chi connectivity index (χ2n) is 4.42. The van der Waals surface area contributed by atoms with Crippen molar-refractivity contribution in [1.29, 1.82) is 0 Å². The molecule has 1 aliphatic heterocycles. The first-order valence-corrected chi connectivity index (χ1v) is 6.48. The topological polar surface area (TPSA) is 73.7 Å². The molecule has 0 spiro atoms. The lowest BCUT2D eigenvalue weighted by atomic mass is 9.94. The lowest BCUT2D eigenvalue weighted by Crippen LogP contribution is -2.46. The van der Waals surface area contributed by atoms with Crippen LogP contribution in [-0.4, -0.2) is 45.3 Å².